The second kappa shape index (κ2) is 9.13. The van der Waals surface area contributed by atoms with Crippen LogP contribution in [0.15, 0.2) is 78.9 Å². The number of nitrogens with zero attached hydrogens (tertiary/aromatic N) is 2. The smallest absolute Gasteiger partial charge is 0.258 e. The van der Waals surface area contributed by atoms with E-state index in [1.807, 2.05) is 78.9 Å². The molecule has 152 valence electrons. The van der Waals surface area contributed by atoms with E-state index in [0.717, 1.165) is 28.2 Å². The molecule has 0 aliphatic carbocycles. The molecule has 0 fully saturated rings. The van der Waals surface area contributed by atoms with E-state index < -0.39 is 0 Å². The van der Waals surface area contributed by atoms with Gasteiger partial charge in [-0.05, 0) is 42.0 Å². The van der Waals surface area contributed by atoms with E-state index >= 15 is 0 Å². The predicted octanol–water partition coefficient (Wildman–Crippen LogP) is 3.79. The summed E-state index contributed by atoms with van der Waals surface area (Å²) in [6, 6.07) is 25.2. The molecular weight excluding hydrogens is 378 g/mol. The van der Waals surface area contributed by atoms with Crippen molar-refractivity contribution in [3.05, 3.63) is 90.3 Å². The number of fused-ring (bicyclic) bond motifs is 1. The molecule has 0 radical (unpaired) electrons. The minimum absolute atomic E-state index is 0.0390. The van der Waals surface area contributed by atoms with E-state index in [2.05, 4.69) is 9.88 Å². The first-order chi connectivity index (χ1) is 14.7. The number of hydrogen-bond donors (Lipinski definition) is 1. The highest BCUT2D eigenvalue weighted by molar-refractivity contribution is 5.78. The Morgan fingerprint density at radius 3 is 2.43 bits per heavy atom. The summed E-state index contributed by atoms with van der Waals surface area (Å²) in [5.74, 6) is 2.08. The molecular formula is C24H23N3O3. The number of hydrogen-bond acceptors (Lipinski definition) is 4. The van der Waals surface area contributed by atoms with Crippen LogP contribution in [0, 0.1) is 0 Å². The zero-order chi connectivity index (χ0) is 20.8. The third-order valence-corrected chi connectivity index (χ3v) is 4.79. The fourth-order valence-corrected chi connectivity index (χ4v) is 3.24. The number of aromatic nitrogens is 2. The first-order valence-corrected chi connectivity index (χ1v) is 9.74. The molecule has 1 heterocycles. The molecule has 0 saturated carbocycles. The molecule has 0 spiro atoms. The van der Waals surface area contributed by atoms with Crippen molar-refractivity contribution in [1.82, 2.24) is 14.9 Å². The number of rotatable bonds is 8. The van der Waals surface area contributed by atoms with Crippen LogP contribution in [0.3, 0.4) is 0 Å². The number of ether oxygens (including phenoxy) is 2. The lowest BCUT2D eigenvalue weighted by molar-refractivity contribution is -0.123. The maximum absolute atomic E-state index is 12.3. The predicted molar refractivity (Wildman–Crippen MR) is 116 cm³/mol. The van der Waals surface area contributed by atoms with Gasteiger partial charge in [0.05, 0.1) is 24.7 Å². The summed E-state index contributed by atoms with van der Waals surface area (Å²) in [7, 11) is 1.65. The van der Waals surface area contributed by atoms with Crippen molar-refractivity contribution in [2.75, 3.05) is 13.7 Å². The Balaban J connectivity index is 1.47. The van der Waals surface area contributed by atoms with Crippen LogP contribution in [-0.4, -0.2) is 29.2 Å². The largest absolute Gasteiger partial charge is 0.497 e. The SMILES string of the molecule is COc1ccc(Cn2c(CNC(=O)COc3ccccc3)nc3ccccc32)cc1. The van der Waals surface area contributed by atoms with Crippen LogP contribution in [0.25, 0.3) is 11.0 Å². The molecule has 0 bridgehead atoms. The Labute approximate surface area is 175 Å². The number of carbonyl (C=O) groups is 1. The first kappa shape index (κ1) is 19.5. The summed E-state index contributed by atoms with van der Waals surface area (Å²) < 4.78 is 12.9. The summed E-state index contributed by atoms with van der Waals surface area (Å²) in [6.07, 6.45) is 0. The average molecular weight is 401 g/mol. The van der Waals surface area contributed by atoms with Crippen molar-refractivity contribution in [1.29, 1.82) is 0 Å². The lowest BCUT2D eigenvalue weighted by Gasteiger charge is -2.11. The van der Waals surface area contributed by atoms with Crippen LogP contribution >= 0.6 is 0 Å². The van der Waals surface area contributed by atoms with Crippen molar-refractivity contribution in [2.45, 2.75) is 13.1 Å². The highest BCUT2D eigenvalue weighted by atomic mass is 16.5. The van der Waals surface area contributed by atoms with E-state index in [1.54, 1.807) is 7.11 Å². The highest BCUT2D eigenvalue weighted by Gasteiger charge is 2.12. The second-order valence-corrected chi connectivity index (χ2v) is 6.83. The summed E-state index contributed by atoms with van der Waals surface area (Å²) in [5.41, 5.74) is 3.05. The van der Waals surface area contributed by atoms with Crippen LogP contribution in [0.1, 0.15) is 11.4 Å². The van der Waals surface area contributed by atoms with E-state index in [9.17, 15) is 4.79 Å². The summed E-state index contributed by atoms with van der Waals surface area (Å²) in [6.45, 7) is 0.931. The number of nitrogens with one attached hydrogen (secondary N) is 1. The van der Waals surface area contributed by atoms with Crippen LogP contribution < -0.4 is 14.8 Å². The Bertz CT molecular complexity index is 1120. The second-order valence-electron chi connectivity index (χ2n) is 6.83. The molecule has 0 atom stereocenters. The number of imidazole rings is 1. The summed E-state index contributed by atoms with van der Waals surface area (Å²) >= 11 is 0. The van der Waals surface area contributed by atoms with Gasteiger partial charge in [0.15, 0.2) is 6.61 Å². The lowest BCUT2D eigenvalue weighted by atomic mass is 10.2. The standard InChI is InChI=1S/C24H23N3O3/c1-29-19-13-11-18(12-14-19)16-27-22-10-6-5-9-21(22)26-23(27)15-25-24(28)17-30-20-7-3-2-4-8-20/h2-14H,15-17H2,1H3,(H,25,28). The number of methoxy groups -OCH3 is 1. The van der Waals surface area contributed by atoms with Gasteiger partial charge in [-0.3, -0.25) is 4.79 Å². The van der Waals surface area contributed by atoms with Crippen molar-refractivity contribution in [3.63, 3.8) is 0 Å². The Morgan fingerprint density at radius 1 is 0.933 bits per heavy atom. The number of benzene rings is 3. The molecule has 0 aliphatic heterocycles. The van der Waals surface area contributed by atoms with E-state index in [-0.39, 0.29) is 12.5 Å². The molecule has 6 heteroatoms. The zero-order valence-corrected chi connectivity index (χ0v) is 16.7. The van der Waals surface area contributed by atoms with Gasteiger partial charge < -0.3 is 19.4 Å². The maximum atomic E-state index is 12.3. The zero-order valence-electron chi connectivity index (χ0n) is 16.7. The van der Waals surface area contributed by atoms with Crippen LogP contribution in [0.5, 0.6) is 11.5 Å². The molecule has 3 aromatic carbocycles. The van der Waals surface area contributed by atoms with Gasteiger partial charge in [-0.25, -0.2) is 4.98 Å². The third-order valence-electron chi connectivity index (χ3n) is 4.79. The normalized spacial score (nSPS) is 10.7. The van der Waals surface area contributed by atoms with Gasteiger partial charge in [0.2, 0.25) is 0 Å². The lowest BCUT2D eigenvalue weighted by Crippen LogP contribution is -2.29. The van der Waals surface area contributed by atoms with Crippen molar-refractivity contribution < 1.29 is 14.3 Å². The number of para-hydroxylation sites is 3. The topological polar surface area (TPSA) is 65.4 Å². The van der Waals surface area contributed by atoms with Gasteiger partial charge in [0, 0.05) is 6.54 Å². The number of amides is 1. The molecule has 4 rings (SSSR count). The average Bonchev–Trinajstić information content (AvgIpc) is 3.15. The van der Waals surface area contributed by atoms with Gasteiger partial charge in [-0.15, -0.1) is 0 Å². The first-order valence-electron chi connectivity index (χ1n) is 9.74. The van der Waals surface area contributed by atoms with Crippen molar-refractivity contribution in [3.8, 4) is 11.5 Å². The summed E-state index contributed by atoms with van der Waals surface area (Å²) in [5, 5.41) is 2.91. The quantitative estimate of drug-likeness (QED) is 0.488. The monoisotopic (exact) mass is 401 g/mol. The Morgan fingerprint density at radius 2 is 1.67 bits per heavy atom. The van der Waals surface area contributed by atoms with Crippen molar-refractivity contribution in [2.24, 2.45) is 0 Å². The summed E-state index contributed by atoms with van der Waals surface area (Å²) in [4.78, 5) is 17.0. The third kappa shape index (κ3) is 4.60. The van der Waals surface area contributed by atoms with Crippen LogP contribution in [0.4, 0.5) is 0 Å². The Hall–Kier alpha value is -3.80. The molecule has 6 nitrogen and oxygen atoms in total. The Kier molecular flexibility index (Phi) is 5.94. The molecule has 0 unspecified atom stereocenters. The van der Waals surface area contributed by atoms with Gasteiger partial charge in [0.1, 0.15) is 17.3 Å². The molecule has 1 amide bonds. The van der Waals surface area contributed by atoms with E-state index in [0.29, 0.717) is 18.8 Å². The van der Waals surface area contributed by atoms with E-state index in [1.165, 1.54) is 0 Å². The van der Waals surface area contributed by atoms with Gasteiger partial charge in [0.25, 0.3) is 5.91 Å². The van der Waals surface area contributed by atoms with Crippen LogP contribution in [-0.2, 0) is 17.9 Å². The molecule has 30 heavy (non-hydrogen) atoms. The highest BCUT2D eigenvalue weighted by Crippen LogP contribution is 2.19. The fraction of sp³-hybridized carbons (Fsp3) is 0.167. The molecule has 4 aromatic rings. The number of carbonyl (C=O) groups excluding carboxylic acids is 1. The molecule has 0 aliphatic rings. The maximum Gasteiger partial charge on any atom is 0.258 e. The fourth-order valence-electron chi connectivity index (χ4n) is 3.24. The minimum Gasteiger partial charge on any atom is -0.497 e. The van der Waals surface area contributed by atoms with E-state index in [4.69, 9.17) is 14.5 Å². The molecule has 0 saturated heterocycles. The van der Waals surface area contributed by atoms with Gasteiger partial charge in [-0.2, -0.15) is 0 Å². The molecule has 1 N–H and O–H groups in total. The van der Waals surface area contributed by atoms with Crippen LogP contribution in [0.2, 0.25) is 0 Å². The van der Waals surface area contributed by atoms with Gasteiger partial charge >= 0.3 is 0 Å². The van der Waals surface area contributed by atoms with Crippen molar-refractivity contribution >= 4 is 16.9 Å². The molecule has 1 aromatic heterocycles. The minimum atomic E-state index is -0.193. The van der Waals surface area contributed by atoms with Gasteiger partial charge in [-0.1, -0.05) is 42.5 Å².